The summed E-state index contributed by atoms with van der Waals surface area (Å²) >= 11 is 0. The maximum atomic E-state index is 12.4. The first-order valence-corrected chi connectivity index (χ1v) is 10.2. The lowest BCUT2D eigenvalue weighted by molar-refractivity contribution is -0.132. The van der Waals surface area contributed by atoms with Crippen molar-refractivity contribution in [2.24, 2.45) is 23.2 Å². The second-order valence-corrected chi connectivity index (χ2v) is 9.27. The second kappa shape index (κ2) is 6.68. The zero-order chi connectivity index (χ0) is 16.6. The van der Waals surface area contributed by atoms with Crippen molar-refractivity contribution in [2.45, 2.75) is 83.1 Å². The summed E-state index contributed by atoms with van der Waals surface area (Å²) in [4.78, 5) is 24.5. The molecule has 4 heteroatoms. The van der Waals surface area contributed by atoms with Crippen molar-refractivity contribution in [1.82, 2.24) is 10.6 Å². The lowest BCUT2D eigenvalue weighted by Gasteiger charge is -2.56. The minimum absolute atomic E-state index is 0.0132. The van der Waals surface area contributed by atoms with Gasteiger partial charge < -0.3 is 10.6 Å². The number of hydrogen-bond acceptors (Lipinski definition) is 2. The third-order valence-electron chi connectivity index (χ3n) is 7.12. The van der Waals surface area contributed by atoms with Crippen LogP contribution >= 0.6 is 0 Å². The third-order valence-corrected chi connectivity index (χ3v) is 7.12. The lowest BCUT2D eigenvalue weighted by atomic mass is 9.49. The molecule has 0 atom stereocenters. The largest absolute Gasteiger partial charge is 0.352 e. The van der Waals surface area contributed by atoms with Gasteiger partial charge >= 0.3 is 0 Å². The van der Waals surface area contributed by atoms with E-state index in [1.165, 1.54) is 57.8 Å². The van der Waals surface area contributed by atoms with Crippen LogP contribution < -0.4 is 10.6 Å². The normalized spacial score (nSPS) is 38.1. The van der Waals surface area contributed by atoms with Crippen molar-refractivity contribution in [3.8, 4) is 0 Å². The molecule has 2 amide bonds. The van der Waals surface area contributed by atoms with Crippen LogP contribution in [0.5, 0.6) is 0 Å². The number of rotatable bonds is 5. The Balaban J connectivity index is 1.23. The molecule has 24 heavy (non-hydrogen) atoms. The molecule has 5 rings (SSSR count). The van der Waals surface area contributed by atoms with Gasteiger partial charge in [-0.2, -0.15) is 0 Å². The van der Waals surface area contributed by atoms with Gasteiger partial charge in [0.1, 0.15) is 0 Å². The van der Waals surface area contributed by atoms with Crippen LogP contribution in [0.2, 0.25) is 0 Å². The molecule has 0 unspecified atom stereocenters. The predicted molar refractivity (Wildman–Crippen MR) is 93.2 cm³/mol. The highest BCUT2D eigenvalue weighted by molar-refractivity contribution is 5.85. The highest BCUT2D eigenvalue weighted by Gasteiger charge is 2.51. The van der Waals surface area contributed by atoms with Crippen molar-refractivity contribution in [2.75, 3.05) is 6.54 Å². The first-order chi connectivity index (χ1) is 11.6. The van der Waals surface area contributed by atoms with Crippen LogP contribution in [0.25, 0.3) is 0 Å². The van der Waals surface area contributed by atoms with Gasteiger partial charge in [0.05, 0.1) is 6.54 Å². The van der Waals surface area contributed by atoms with Gasteiger partial charge in [0.25, 0.3) is 0 Å². The summed E-state index contributed by atoms with van der Waals surface area (Å²) in [5, 5.41) is 5.98. The van der Waals surface area contributed by atoms with E-state index in [4.69, 9.17) is 0 Å². The van der Waals surface area contributed by atoms with Crippen LogP contribution in [0.1, 0.15) is 77.0 Å². The molecule has 5 saturated carbocycles. The van der Waals surface area contributed by atoms with Crippen LogP contribution in [-0.4, -0.2) is 24.4 Å². The standard InChI is InChI=1S/C20H32N2O2/c23-18(21-13-19(24)22-17-4-2-1-3-5-17)12-20-9-14-6-15(10-20)8-16(7-14)11-20/h14-17H,1-13H2,(H,21,23)(H,22,24). The summed E-state index contributed by atoms with van der Waals surface area (Å²) in [6.07, 6.45) is 14.5. The Bertz CT molecular complexity index is 461. The molecule has 4 bridgehead atoms. The molecule has 0 aromatic rings. The summed E-state index contributed by atoms with van der Waals surface area (Å²) in [6.45, 7) is 0.154. The summed E-state index contributed by atoms with van der Waals surface area (Å²) in [7, 11) is 0. The molecule has 0 heterocycles. The second-order valence-electron chi connectivity index (χ2n) is 9.27. The SMILES string of the molecule is O=C(CC12CC3CC(CC(C3)C1)C2)NCC(=O)NC1CCCCC1. The van der Waals surface area contributed by atoms with Crippen LogP contribution in [-0.2, 0) is 9.59 Å². The maximum absolute atomic E-state index is 12.4. The summed E-state index contributed by atoms with van der Waals surface area (Å²) in [5.41, 5.74) is 0.263. The molecule has 0 spiro atoms. The minimum atomic E-state index is -0.0132. The Morgan fingerprint density at radius 3 is 2.00 bits per heavy atom. The van der Waals surface area contributed by atoms with Gasteiger partial charge in [0.15, 0.2) is 0 Å². The fourth-order valence-electron chi connectivity index (χ4n) is 6.61. The van der Waals surface area contributed by atoms with E-state index in [-0.39, 0.29) is 23.8 Å². The first-order valence-electron chi connectivity index (χ1n) is 10.2. The Labute approximate surface area is 145 Å². The quantitative estimate of drug-likeness (QED) is 0.812. The Morgan fingerprint density at radius 2 is 1.42 bits per heavy atom. The van der Waals surface area contributed by atoms with Crippen molar-refractivity contribution in [3.05, 3.63) is 0 Å². The molecule has 5 aliphatic rings. The lowest BCUT2D eigenvalue weighted by Crippen LogP contribution is -2.49. The maximum Gasteiger partial charge on any atom is 0.239 e. The summed E-state index contributed by atoms with van der Waals surface area (Å²) in [5.74, 6) is 2.70. The van der Waals surface area contributed by atoms with E-state index in [1.807, 2.05) is 0 Å². The molecule has 0 aromatic carbocycles. The molecule has 5 aliphatic carbocycles. The van der Waals surface area contributed by atoms with Crippen LogP contribution in [0.4, 0.5) is 0 Å². The van der Waals surface area contributed by atoms with Gasteiger partial charge in [-0.25, -0.2) is 0 Å². The van der Waals surface area contributed by atoms with Gasteiger partial charge in [-0.15, -0.1) is 0 Å². The number of carbonyl (C=O) groups excluding carboxylic acids is 2. The third kappa shape index (κ3) is 3.62. The zero-order valence-electron chi connectivity index (χ0n) is 14.8. The topological polar surface area (TPSA) is 58.2 Å². The van der Waals surface area contributed by atoms with Gasteiger partial charge in [-0.05, 0) is 74.5 Å². The number of carbonyl (C=O) groups is 2. The fraction of sp³-hybridized carbons (Fsp3) is 0.900. The van der Waals surface area contributed by atoms with Gasteiger partial charge in [-0.1, -0.05) is 19.3 Å². The van der Waals surface area contributed by atoms with Gasteiger partial charge in [0.2, 0.25) is 11.8 Å². The van der Waals surface area contributed by atoms with Crippen molar-refractivity contribution in [3.63, 3.8) is 0 Å². The Hall–Kier alpha value is -1.06. The predicted octanol–water partition coefficient (Wildman–Crippen LogP) is 3.16. The molecule has 5 fully saturated rings. The van der Waals surface area contributed by atoms with E-state index in [1.54, 1.807) is 0 Å². The number of nitrogens with one attached hydrogen (secondary N) is 2. The Kier molecular flexibility index (Phi) is 4.57. The van der Waals surface area contributed by atoms with Crippen LogP contribution in [0.15, 0.2) is 0 Å². The van der Waals surface area contributed by atoms with E-state index in [2.05, 4.69) is 10.6 Å². The molecule has 0 aromatic heterocycles. The Morgan fingerprint density at radius 1 is 0.833 bits per heavy atom. The molecule has 2 N–H and O–H groups in total. The molecule has 0 radical (unpaired) electrons. The van der Waals surface area contributed by atoms with Gasteiger partial charge in [-0.3, -0.25) is 9.59 Å². The van der Waals surface area contributed by atoms with E-state index in [0.717, 1.165) is 30.6 Å². The molecule has 0 saturated heterocycles. The monoisotopic (exact) mass is 332 g/mol. The molecule has 4 nitrogen and oxygen atoms in total. The van der Waals surface area contributed by atoms with E-state index >= 15 is 0 Å². The van der Waals surface area contributed by atoms with E-state index in [0.29, 0.717) is 12.5 Å². The summed E-state index contributed by atoms with van der Waals surface area (Å²) < 4.78 is 0. The molecule has 0 aliphatic heterocycles. The smallest absolute Gasteiger partial charge is 0.239 e. The average molecular weight is 332 g/mol. The highest BCUT2D eigenvalue weighted by atomic mass is 16.2. The van der Waals surface area contributed by atoms with Crippen LogP contribution in [0, 0.1) is 23.2 Å². The average Bonchev–Trinajstić information content (AvgIpc) is 2.52. The van der Waals surface area contributed by atoms with E-state index < -0.39 is 0 Å². The van der Waals surface area contributed by atoms with Gasteiger partial charge in [0, 0.05) is 12.5 Å². The highest BCUT2D eigenvalue weighted by Crippen LogP contribution is 2.61. The van der Waals surface area contributed by atoms with E-state index in [9.17, 15) is 9.59 Å². The molecule has 134 valence electrons. The zero-order valence-corrected chi connectivity index (χ0v) is 14.8. The van der Waals surface area contributed by atoms with Crippen molar-refractivity contribution in [1.29, 1.82) is 0 Å². The molecular formula is C20H32N2O2. The molecular weight excluding hydrogens is 300 g/mol. The fourth-order valence-corrected chi connectivity index (χ4v) is 6.61. The van der Waals surface area contributed by atoms with Crippen molar-refractivity contribution < 1.29 is 9.59 Å². The first kappa shape index (κ1) is 16.4. The minimum Gasteiger partial charge on any atom is -0.352 e. The van der Waals surface area contributed by atoms with Crippen molar-refractivity contribution >= 4 is 11.8 Å². The summed E-state index contributed by atoms with van der Waals surface area (Å²) in [6, 6.07) is 0.325. The van der Waals surface area contributed by atoms with Crippen LogP contribution in [0.3, 0.4) is 0 Å². The number of amides is 2. The number of hydrogen-bond donors (Lipinski definition) is 2.